The summed E-state index contributed by atoms with van der Waals surface area (Å²) in [5.41, 5.74) is 0.666. The predicted molar refractivity (Wildman–Crippen MR) is 116 cm³/mol. The highest BCUT2D eigenvalue weighted by atomic mass is 35.5. The van der Waals surface area contributed by atoms with Crippen molar-refractivity contribution >= 4 is 46.7 Å². The summed E-state index contributed by atoms with van der Waals surface area (Å²) in [4.78, 5) is 41.4. The van der Waals surface area contributed by atoms with E-state index >= 15 is 0 Å². The van der Waals surface area contributed by atoms with E-state index in [4.69, 9.17) is 27.9 Å². The zero-order valence-corrected chi connectivity index (χ0v) is 18.3. The van der Waals surface area contributed by atoms with Crippen molar-refractivity contribution in [3.8, 4) is 0 Å². The largest absolute Gasteiger partial charge is 0.451 e. The fraction of sp³-hybridized carbons (Fsp3) is 0.333. The third-order valence-corrected chi connectivity index (χ3v) is 4.64. The number of hydrogen-bond acceptors (Lipinski definition) is 5. The van der Waals surface area contributed by atoms with Gasteiger partial charge in [-0.2, -0.15) is 0 Å². The van der Waals surface area contributed by atoms with Crippen LogP contribution in [0.15, 0.2) is 42.6 Å². The molecule has 0 radical (unpaired) electrons. The summed E-state index contributed by atoms with van der Waals surface area (Å²) in [6.45, 7) is 5.26. The molecule has 0 bridgehead atoms. The van der Waals surface area contributed by atoms with Gasteiger partial charge in [-0.05, 0) is 55.7 Å². The first-order valence-corrected chi connectivity index (χ1v) is 10.1. The van der Waals surface area contributed by atoms with Crippen molar-refractivity contribution in [3.63, 3.8) is 0 Å². The van der Waals surface area contributed by atoms with Crippen LogP contribution in [0.1, 0.15) is 37.6 Å². The number of anilines is 1. The molecule has 2 aromatic rings. The summed E-state index contributed by atoms with van der Waals surface area (Å²) in [5, 5.41) is 5.84. The van der Waals surface area contributed by atoms with Crippen LogP contribution in [0.2, 0.25) is 10.2 Å². The zero-order valence-electron chi connectivity index (χ0n) is 16.8. The smallest absolute Gasteiger partial charge is 0.329 e. The first kappa shape index (κ1) is 23.6. The van der Waals surface area contributed by atoms with E-state index in [9.17, 15) is 14.4 Å². The standard InChI is InChI=1S/C21H23Cl2N3O4/c1-12(2)11-17(26-20(28)14-6-8-15(22)9-7-14)21(29)30-13(3)19(27)25-16-5-4-10-24-18(16)23/h4-10,12-13,17H,11H2,1-3H3,(H,25,27)(H,26,28). The molecule has 0 saturated heterocycles. The normalized spacial score (nSPS) is 12.7. The van der Waals surface area contributed by atoms with Crippen LogP contribution in [0, 0.1) is 5.92 Å². The lowest BCUT2D eigenvalue weighted by Gasteiger charge is -2.22. The fourth-order valence-electron chi connectivity index (χ4n) is 2.55. The van der Waals surface area contributed by atoms with Crippen LogP contribution in [-0.2, 0) is 14.3 Å². The molecule has 1 aromatic carbocycles. The molecule has 2 amide bonds. The van der Waals surface area contributed by atoms with E-state index in [1.165, 1.54) is 13.1 Å². The van der Waals surface area contributed by atoms with E-state index in [0.717, 1.165) is 0 Å². The SMILES string of the molecule is CC(C)CC(NC(=O)c1ccc(Cl)cc1)C(=O)OC(C)C(=O)Nc1cccnc1Cl. The third kappa shape index (κ3) is 7.00. The Morgan fingerprint density at radius 1 is 1.07 bits per heavy atom. The average Bonchev–Trinajstić information content (AvgIpc) is 2.69. The highest BCUT2D eigenvalue weighted by Gasteiger charge is 2.28. The van der Waals surface area contributed by atoms with Gasteiger partial charge in [0.15, 0.2) is 11.3 Å². The molecule has 0 saturated carbocycles. The first-order chi connectivity index (χ1) is 14.2. The van der Waals surface area contributed by atoms with Gasteiger partial charge in [0.25, 0.3) is 11.8 Å². The molecule has 0 fully saturated rings. The van der Waals surface area contributed by atoms with E-state index in [1.54, 1.807) is 36.4 Å². The van der Waals surface area contributed by atoms with Crippen molar-refractivity contribution in [1.82, 2.24) is 10.3 Å². The Hall–Kier alpha value is -2.64. The summed E-state index contributed by atoms with van der Waals surface area (Å²) in [7, 11) is 0. The number of esters is 1. The van der Waals surface area contributed by atoms with Crippen LogP contribution in [0.5, 0.6) is 0 Å². The second-order valence-corrected chi connectivity index (χ2v) is 7.87. The fourth-order valence-corrected chi connectivity index (χ4v) is 2.84. The third-order valence-electron chi connectivity index (χ3n) is 4.08. The average molecular weight is 452 g/mol. The van der Waals surface area contributed by atoms with Gasteiger partial charge in [0.05, 0.1) is 5.69 Å². The second kappa shape index (κ2) is 10.9. The molecule has 2 atom stereocenters. The van der Waals surface area contributed by atoms with Gasteiger partial charge in [0.1, 0.15) is 6.04 Å². The predicted octanol–water partition coefficient (Wildman–Crippen LogP) is 4.10. The molecule has 0 aliphatic carbocycles. The number of nitrogens with zero attached hydrogens (tertiary/aromatic N) is 1. The summed E-state index contributed by atoms with van der Waals surface area (Å²) in [5.74, 6) is -1.60. The Bertz CT molecular complexity index is 903. The summed E-state index contributed by atoms with van der Waals surface area (Å²) in [6, 6.07) is 8.57. The Balaban J connectivity index is 2.03. The molecule has 9 heteroatoms. The lowest BCUT2D eigenvalue weighted by molar-refractivity contribution is -0.155. The number of benzene rings is 1. The number of rotatable bonds is 8. The minimum atomic E-state index is -1.10. The van der Waals surface area contributed by atoms with Gasteiger partial charge in [-0.15, -0.1) is 0 Å². The molecule has 0 aliphatic heterocycles. The quantitative estimate of drug-likeness (QED) is 0.464. The van der Waals surface area contributed by atoms with Crippen LogP contribution in [0.3, 0.4) is 0 Å². The van der Waals surface area contributed by atoms with Gasteiger partial charge >= 0.3 is 5.97 Å². The zero-order chi connectivity index (χ0) is 22.3. The number of aromatic nitrogens is 1. The maximum atomic E-state index is 12.7. The van der Waals surface area contributed by atoms with E-state index in [0.29, 0.717) is 22.7 Å². The van der Waals surface area contributed by atoms with E-state index in [-0.39, 0.29) is 11.1 Å². The number of hydrogen-bond donors (Lipinski definition) is 2. The number of amides is 2. The van der Waals surface area contributed by atoms with E-state index in [1.807, 2.05) is 13.8 Å². The van der Waals surface area contributed by atoms with Gasteiger partial charge in [0, 0.05) is 16.8 Å². The monoisotopic (exact) mass is 451 g/mol. The molecule has 2 N–H and O–H groups in total. The summed E-state index contributed by atoms with van der Waals surface area (Å²) >= 11 is 11.8. The van der Waals surface area contributed by atoms with E-state index < -0.39 is 29.9 Å². The molecule has 7 nitrogen and oxygen atoms in total. The van der Waals surface area contributed by atoms with Gasteiger partial charge in [-0.25, -0.2) is 9.78 Å². The van der Waals surface area contributed by atoms with Crippen molar-refractivity contribution in [2.24, 2.45) is 5.92 Å². The van der Waals surface area contributed by atoms with Gasteiger partial charge in [-0.3, -0.25) is 9.59 Å². The minimum absolute atomic E-state index is 0.103. The molecule has 160 valence electrons. The van der Waals surface area contributed by atoms with Crippen LogP contribution < -0.4 is 10.6 Å². The number of pyridine rings is 1. The van der Waals surface area contributed by atoms with Gasteiger partial charge in [0.2, 0.25) is 0 Å². The lowest BCUT2D eigenvalue weighted by Crippen LogP contribution is -2.45. The maximum absolute atomic E-state index is 12.7. The van der Waals surface area contributed by atoms with Crippen LogP contribution in [0.4, 0.5) is 5.69 Å². The molecular weight excluding hydrogens is 429 g/mol. The first-order valence-electron chi connectivity index (χ1n) is 9.35. The highest BCUT2D eigenvalue weighted by Crippen LogP contribution is 2.18. The number of carbonyl (C=O) groups excluding carboxylic acids is 3. The molecule has 1 aromatic heterocycles. The van der Waals surface area contributed by atoms with Crippen LogP contribution in [-0.4, -0.2) is 34.9 Å². The molecule has 0 aliphatic rings. The summed E-state index contributed by atoms with van der Waals surface area (Å²) < 4.78 is 5.29. The number of halogens is 2. The lowest BCUT2D eigenvalue weighted by atomic mass is 10.0. The number of ether oxygens (including phenoxy) is 1. The highest BCUT2D eigenvalue weighted by molar-refractivity contribution is 6.32. The topological polar surface area (TPSA) is 97.4 Å². The molecule has 0 spiro atoms. The van der Waals surface area contributed by atoms with E-state index in [2.05, 4.69) is 15.6 Å². The Kier molecular flexibility index (Phi) is 8.62. The Morgan fingerprint density at radius 3 is 2.33 bits per heavy atom. The van der Waals surface area contributed by atoms with Crippen molar-refractivity contribution < 1.29 is 19.1 Å². The second-order valence-electron chi connectivity index (χ2n) is 7.07. The van der Waals surface area contributed by atoms with Crippen molar-refractivity contribution in [2.45, 2.75) is 39.3 Å². The molecular formula is C21H23Cl2N3O4. The van der Waals surface area contributed by atoms with Gasteiger partial charge in [-0.1, -0.05) is 37.0 Å². The number of nitrogens with one attached hydrogen (secondary N) is 2. The molecule has 30 heavy (non-hydrogen) atoms. The van der Waals surface area contributed by atoms with Crippen molar-refractivity contribution in [1.29, 1.82) is 0 Å². The Morgan fingerprint density at radius 2 is 1.73 bits per heavy atom. The van der Waals surface area contributed by atoms with Crippen molar-refractivity contribution in [2.75, 3.05) is 5.32 Å². The van der Waals surface area contributed by atoms with Crippen molar-refractivity contribution in [3.05, 3.63) is 58.3 Å². The number of carbonyl (C=O) groups is 3. The van der Waals surface area contributed by atoms with Crippen LogP contribution >= 0.6 is 23.2 Å². The maximum Gasteiger partial charge on any atom is 0.329 e. The minimum Gasteiger partial charge on any atom is -0.451 e. The molecule has 2 rings (SSSR count). The molecule has 1 heterocycles. The van der Waals surface area contributed by atoms with Gasteiger partial charge < -0.3 is 15.4 Å². The summed E-state index contributed by atoms with van der Waals surface area (Å²) in [6.07, 6.45) is 0.735. The van der Waals surface area contributed by atoms with Crippen LogP contribution in [0.25, 0.3) is 0 Å². The molecule has 2 unspecified atom stereocenters. The Labute approximate surface area is 185 Å².